The van der Waals surface area contributed by atoms with Crippen molar-refractivity contribution in [2.45, 2.75) is 6.67 Å². The summed E-state index contributed by atoms with van der Waals surface area (Å²) in [4.78, 5) is 10.0. The molecule has 1 heterocycles. The number of aromatic nitrogens is 4. The molecule has 1 N–H and O–H groups in total. The van der Waals surface area contributed by atoms with E-state index in [-0.39, 0.29) is 17.1 Å². The Labute approximate surface area is 88.4 Å². The van der Waals surface area contributed by atoms with E-state index in [1.165, 1.54) is 18.2 Å². The first kappa shape index (κ1) is 10.1. The second-order valence-corrected chi connectivity index (χ2v) is 3.01. The van der Waals surface area contributed by atoms with Crippen molar-refractivity contribution in [2.75, 3.05) is 0 Å². The Morgan fingerprint density at radius 1 is 1.44 bits per heavy atom. The van der Waals surface area contributed by atoms with Crippen LogP contribution in [0.5, 0.6) is 0 Å². The summed E-state index contributed by atoms with van der Waals surface area (Å²) >= 11 is 0. The highest BCUT2D eigenvalue weighted by Crippen LogP contribution is 2.23. The van der Waals surface area contributed by atoms with Crippen molar-refractivity contribution in [3.8, 4) is 11.4 Å². The molecule has 0 spiro atoms. The lowest BCUT2D eigenvalue weighted by Crippen LogP contribution is -1.92. The molecule has 1 aromatic heterocycles. The fourth-order valence-electron chi connectivity index (χ4n) is 1.27. The summed E-state index contributed by atoms with van der Waals surface area (Å²) < 4.78 is 12.5. The number of tetrazole rings is 1. The quantitative estimate of drug-likeness (QED) is 0.623. The van der Waals surface area contributed by atoms with Gasteiger partial charge in [0.25, 0.3) is 5.69 Å². The molecule has 0 atom stereocenters. The molecular weight excluding hydrogens is 217 g/mol. The topological polar surface area (TPSA) is 97.6 Å². The zero-order chi connectivity index (χ0) is 11.5. The third-order valence-electron chi connectivity index (χ3n) is 1.95. The summed E-state index contributed by atoms with van der Waals surface area (Å²) in [5.74, 6) is 0.193. The van der Waals surface area contributed by atoms with Gasteiger partial charge in [-0.1, -0.05) is 0 Å². The monoisotopic (exact) mass is 223 g/mol. The Morgan fingerprint density at radius 3 is 2.81 bits per heavy atom. The molecule has 0 saturated heterocycles. The Hall–Kier alpha value is -2.38. The fourth-order valence-corrected chi connectivity index (χ4v) is 1.27. The normalized spacial score (nSPS) is 10.3. The summed E-state index contributed by atoms with van der Waals surface area (Å²) in [6, 6.07) is 3.88. The van der Waals surface area contributed by atoms with Crippen LogP contribution in [0, 0.1) is 10.1 Å². The average molecular weight is 223 g/mol. The van der Waals surface area contributed by atoms with E-state index in [0.717, 1.165) is 0 Å². The largest absolute Gasteiger partial charge is 0.270 e. The van der Waals surface area contributed by atoms with E-state index >= 15 is 0 Å². The van der Waals surface area contributed by atoms with E-state index in [1.807, 2.05) is 0 Å². The predicted molar refractivity (Wildman–Crippen MR) is 51.1 cm³/mol. The molecule has 0 aliphatic carbocycles. The highest BCUT2D eigenvalue weighted by atomic mass is 19.1. The Balaban J connectivity index is 2.53. The second kappa shape index (κ2) is 4.01. The minimum atomic E-state index is -0.785. The van der Waals surface area contributed by atoms with Gasteiger partial charge in [-0.3, -0.25) is 10.1 Å². The molecule has 2 aromatic rings. The summed E-state index contributed by atoms with van der Waals surface area (Å²) in [6.45, 7) is -0.785. The van der Waals surface area contributed by atoms with Gasteiger partial charge in [-0.15, -0.1) is 10.2 Å². The van der Waals surface area contributed by atoms with E-state index in [0.29, 0.717) is 5.56 Å². The van der Waals surface area contributed by atoms with Crippen LogP contribution in [-0.2, 0) is 6.67 Å². The van der Waals surface area contributed by atoms with Crippen LogP contribution in [0.25, 0.3) is 11.4 Å². The molecule has 7 nitrogen and oxygen atoms in total. The van der Waals surface area contributed by atoms with Crippen molar-refractivity contribution in [1.82, 2.24) is 20.6 Å². The lowest BCUT2D eigenvalue weighted by atomic mass is 10.1. The molecule has 16 heavy (non-hydrogen) atoms. The lowest BCUT2D eigenvalue weighted by Gasteiger charge is -1.99. The minimum Gasteiger partial charge on any atom is -0.258 e. The molecule has 0 radical (unpaired) electrons. The molecule has 0 unspecified atom stereocenters. The third-order valence-corrected chi connectivity index (χ3v) is 1.95. The van der Waals surface area contributed by atoms with Crippen molar-refractivity contribution in [3.63, 3.8) is 0 Å². The minimum absolute atomic E-state index is 0.193. The number of aromatic amines is 1. The molecule has 0 saturated carbocycles. The van der Waals surface area contributed by atoms with Crippen molar-refractivity contribution < 1.29 is 9.31 Å². The van der Waals surface area contributed by atoms with Gasteiger partial charge in [-0.05, 0) is 16.8 Å². The van der Waals surface area contributed by atoms with Crippen LogP contribution in [0.15, 0.2) is 18.2 Å². The number of hydrogen-bond acceptors (Lipinski definition) is 5. The van der Waals surface area contributed by atoms with Crippen molar-refractivity contribution in [3.05, 3.63) is 33.9 Å². The number of nitro groups is 1. The van der Waals surface area contributed by atoms with Gasteiger partial charge in [0, 0.05) is 17.7 Å². The first-order valence-electron chi connectivity index (χ1n) is 4.29. The predicted octanol–water partition coefficient (Wildman–Crippen LogP) is 1.24. The molecule has 82 valence electrons. The van der Waals surface area contributed by atoms with Crippen LogP contribution in [0.2, 0.25) is 0 Å². The maximum absolute atomic E-state index is 12.5. The number of non-ortho nitro benzene ring substituents is 1. The van der Waals surface area contributed by atoms with Gasteiger partial charge < -0.3 is 0 Å². The SMILES string of the molecule is O=[N+]([O-])c1cc(CF)cc(-c2nn[nH]n2)c1. The first-order valence-corrected chi connectivity index (χ1v) is 4.29. The van der Waals surface area contributed by atoms with Crippen LogP contribution in [0.3, 0.4) is 0 Å². The van der Waals surface area contributed by atoms with Gasteiger partial charge in [0.15, 0.2) is 0 Å². The van der Waals surface area contributed by atoms with Crippen molar-refractivity contribution in [1.29, 1.82) is 0 Å². The van der Waals surface area contributed by atoms with Gasteiger partial charge in [-0.25, -0.2) is 4.39 Å². The van der Waals surface area contributed by atoms with Crippen molar-refractivity contribution >= 4 is 5.69 Å². The van der Waals surface area contributed by atoms with Crippen LogP contribution in [-0.4, -0.2) is 25.5 Å². The highest BCUT2D eigenvalue weighted by Gasteiger charge is 2.13. The molecule has 0 fully saturated rings. The molecule has 8 heteroatoms. The molecular formula is C8H6FN5O2. The molecule has 0 aliphatic heterocycles. The maximum atomic E-state index is 12.5. The smallest absolute Gasteiger partial charge is 0.258 e. The summed E-state index contributed by atoms with van der Waals surface area (Å²) in [5.41, 5.74) is 0.361. The number of alkyl halides is 1. The number of nitrogens with zero attached hydrogens (tertiary/aromatic N) is 4. The van der Waals surface area contributed by atoms with Gasteiger partial charge in [0.2, 0.25) is 5.82 Å². The van der Waals surface area contributed by atoms with Gasteiger partial charge in [0.1, 0.15) is 6.67 Å². The van der Waals surface area contributed by atoms with Crippen LogP contribution < -0.4 is 0 Å². The Bertz CT molecular complexity index is 513. The molecule has 0 amide bonds. The van der Waals surface area contributed by atoms with E-state index in [4.69, 9.17) is 0 Å². The van der Waals surface area contributed by atoms with E-state index in [2.05, 4.69) is 20.6 Å². The summed E-state index contributed by atoms with van der Waals surface area (Å²) in [5, 5.41) is 23.5. The first-order chi connectivity index (χ1) is 7.70. The number of benzene rings is 1. The number of nitro benzene ring substituents is 1. The third kappa shape index (κ3) is 1.85. The lowest BCUT2D eigenvalue weighted by molar-refractivity contribution is -0.384. The Morgan fingerprint density at radius 2 is 2.25 bits per heavy atom. The zero-order valence-corrected chi connectivity index (χ0v) is 7.92. The van der Waals surface area contributed by atoms with Gasteiger partial charge >= 0.3 is 0 Å². The van der Waals surface area contributed by atoms with E-state index in [1.54, 1.807) is 0 Å². The molecule has 0 bridgehead atoms. The van der Waals surface area contributed by atoms with Crippen LogP contribution >= 0.6 is 0 Å². The summed E-state index contributed by atoms with van der Waals surface area (Å²) in [7, 11) is 0. The number of H-pyrrole nitrogens is 1. The number of halogens is 1. The number of rotatable bonds is 3. The summed E-state index contributed by atoms with van der Waals surface area (Å²) in [6.07, 6.45) is 0. The average Bonchev–Trinajstić information content (AvgIpc) is 2.81. The zero-order valence-electron chi connectivity index (χ0n) is 7.92. The molecule has 2 rings (SSSR count). The number of nitrogens with one attached hydrogen (secondary N) is 1. The number of hydrogen-bond donors (Lipinski definition) is 1. The van der Waals surface area contributed by atoms with E-state index in [9.17, 15) is 14.5 Å². The van der Waals surface area contributed by atoms with Crippen LogP contribution in [0.4, 0.5) is 10.1 Å². The van der Waals surface area contributed by atoms with Crippen LogP contribution in [0.1, 0.15) is 5.56 Å². The highest BCUT2D eigenvalue weighted by molar-refractivity contribution is 5.60. The van der Waals surface area contributed by atoms with E-state index < -0.39 is 11.6 Å². The second-order valence-electron chi connectivity index (χ2n) is 3.01. The van der Waals surface area contributed by atoms with Gasteiger partial charge in [0.05, 0.1) is 4.92 Å². The molecule has 1 aromatic carbocycles. The standard InChI is InChI=1S/C8H6FN5O2/c9-4-5-1-6(8-10-12-13-11-8)3-7(2-5)14(15)16/h1-3H,4H2,(H,10,11,12,13). The fraction of sp³-hybridized carbons (Fsp3) is 0.125. The maximum Gasteiger partial charge on any atom is 0.270 e. The Kier molecular flexibility index (Phi) is 2.54. The van der Waals surface area contributed by atoms with Gasteiger partial charge in [-0.2, -0.15) is 5.21 Å². The van der Waals surface area contributed by atoms with Crippen molar-refractivity contribution in [2.24, 2.45) is 0 Å². The molecule has 0 aliphatic rings.